The quantitative estimate of drug-likeness (QED) is 0.285. The summed E-state index contributed by atoms with van der Waals surface area (Å²) in [6, 6.07) is 22.2. The second-order valence-corrected chi connectivity index (χ2v) is 8.56. The van der Waals surface area contributed by atoms with Crippen molar-refractivity contribution in [3.8, 4) is 22.8 Å². The molecule has 0 spiro atoms. The van der Waals surface area contributed by atoms with Crippen molar-refractivity contribution < 1.29 is 0 Å². The molecular formula is C23H13BrCl2N4O. The van der Waals surface area contributed by atoms with E-state index in [9.17, 15) is 4.79 Å². The normalized spacial score (nSPS) is 11.2. The van der Waals surface area contributed by atoms with Crippen LogP contribution in [0.3, 0.4) is 0 Å². The Morgan fingerprint density at radius 1 is 0.839 bits per heavy atom. The van der Waals surface area contributed by atoms with Crippen molar-refractivity contribution in [1.82, 2.24) is 19.3 Å². The Bertz CT molecular complexity index is 1480. The molecule has 0 fully saturated rings. The topological polar surface area (TPSA) is 52.7 Å². The average Bonchev–Trinajstić information content (AvgIpc) is 3.22. The zero-order valence-corrected chi connectivity index (χ0v) is 18.9. The molecule has 3 aromatic carbocycles. The van der Waals surface area contributed by atoms with E-state index < -0.39 is 0 Å². The van der Waals surface area contributed by atoms with Crippen LogP contribution < -0.4 is 5.56 Å². The van der Waals surface area contributed by atoms with Crippen LogP contribution in [0.25, 0.3) is 33.8 Å². The molecule has 0 unspecified atom stereocenters. The maximum Gasteiger partial charge on any atom is 0.269 e. The molecule has 0 aliphatic rings. The monoisotopic (exact) mass is 510 g/mol. The highest BCUT2D eigenvalue weighted by atomic mass is 79.9. The Kier molecular flexibility index (Phi) is 5.14. The van der Waals surface area contributed by atoms with E-state index in [0.717, 1.165) is 10.2 Å². The number of halogens is 3. The third-order valence-electron chi connectivity index (χ3n) is 4.84. The molecule has 31 heavy (non-hydrogen) atoms. The number of para-hydroxylation sites is 1. The minimum atomic E-state index is -0.226. The molecule has 0 radical (unpaired) electrons. The molecular weight excluding hydrogens is 499 g/mol. The third kappa shape index (κ3) is 3.67. The van der Waals surface area contributed by atoms with E-state index in [0.29, 0.717) is 38.2 Å². The van der Waals surface area contributed by atoms with E-state index in [1.165, 1.54) is 0 Å². The summed E-state index contributed by atoms with van der Waals surface area (Å²) < 4.78 is 4.13. The van der Waals surface area contributed by atoms with Crippen molar-refractivity contribution >= 4 is 50.2 Å². The summed E-state index contributed by atoms with van der Waals surface area (Å²) in [5.74, 6) is 0.428. The summed E-state index contributed by atoms with van der Waals surface area (Å²) in [5.41, 5.74) is 2.30. The minimum Gasteiger partial charge on any atom is -0.268 e. The van der Waals surface area contributed by atoms with Crippen molar-refractivity contribution in [2.24, 2.45) is 0 Å². The van der Waals surface area contributed by atoms with Gasteiger partial charge in [-0.05, 0) is 54.6 Å². The summed E-state index contributed by atoms with van der Waals surface area (Å²) in [7, 11) is 0. The van der Waals surface area contributed by atoms with E-state index in [-0.39, 0.29) is 5.56 Å². The van der Waals surface area contributed by atoms with Gasteiger partial charge in [-0.2, -0.15) is 0 Å². The maximum atomic E-state index is 13.6. The van der Waals surface area contributed by atoms with E-state index in [1.54, 1.807) is 33.6 Å². The van der Waals surface area contributed by atoms with Crippen LogP contribution in [-0.2, 0) is 0 Å². The van der Waals surface area contributed by atoms with Gasteiger partial charge in [-0.3, -0.25) is 9.36 Å². The lowest BCUT2D eigenvalue weighted by atomic mass is 10.2. The van der Waals surface area contributed by atoms with E-state index >= 15 is 0 Å². The highest BCUT2D eigenvalue weighted by Crippen LogP contribution is 2.29. The van der Waals surface area contributed by atoms with Gasteiger partial charge in [0.2, 0.25) is 0 Å². The summed E-state index contributed by atoms with van der Waals surface area (Å²) >= 11 is 15.8. The second-order valence-electron chi connectivity index (χ2n) is 6.83. The number of nitrogens with zero attached hydrogens (tertiary/aromatic N) is 4. The van der Waals surface area contributed by atoms with Crippen LogP contribution in [0.5, 0.6) is 0 Å². The Labute approximate surface area is 195 Å². The summed E-state index contributed by atoms with van der Waals surface area (Å²) in [6.45, 7) is 0. The van der Waals surface area contributed by atoms with Crippen LogP contribution in [0, 0.1) is 0 Å². The predicted octanol–water partition coefficient (Wildman–Crippen LogP) is 6.31. The fraction of sp³-hybridized carbons (Fsp3) is 0. The highest BCUT2D eigenvalue weighted by Gasteiger charge is 2.18. The van der Waals surface area contributed by atoms with Gasteiger partial charge in [-0.25, -0.2) is 9.67 Å². The molecule has 2 aromatic heterocycles. The lowest BCUT2D eigenvalue weighted by Crippen LogP contribution is -2.21. The van der Waals surface area contributed by atoms with Gasteiger partial charge in [-0.15, -0.1) is 5.10 Å². The molecule has 152 valence electrons. The fourth-order valence-corrected chi connectivity index (χ4v) is 3.90. The van der Waals surface area contributed by atoms with Gasteiger partial charge in [-0.1, -0.05) is 57.3 Å². The third-order valence-corrected chi connectivity index (χ3v) is 6.10. The van der Waals surface area contributed by atoms with Gasteiger partial charge in [0.25, 0.3) is 5.56 Å². The van der Waals surface area contributed by atoms with Crippen molar-refractivity contribution in [2.45, 2.75) is 0 Å². The van der Waals surface area contributed by atoms with E-state index in [2.05, 4.69) is 21.0 Å². The van der Waals surface area contributed by atoms with Crippen LogP contribution in [0.15, 0.2) is 88.3 Å². The first-order chi connectivity index (χ1) is 15.0. The molecule has 0 N–H and O–H groups in total. The standard InChI is InChI=1S/C23H13BrCl2N4O/c24-15-7-9-17(10-8-15)30-22(14-6-11-19(25)20(26)12-14)27-21-18(23(30)31)13-29(28-21)16-4-2-1-3-5-16/h1-13H. The molecule has 8 heteroatoms. The number of hydrogen-bond donors (Lipinski definition) is 0. The minimum absolute atomic E-state index is 0.226. The molecule has 5 aromatic rings. The SMILES string of the molecule is O=c1c2cn(-c3ccccc3)nc2nc(-c2ccc(Cl)c(Cl)c2)n1-c1ccc(Br)cc1. The first-order valence-corrected chi connectivity index (χ1v) is 10.9. The van der Waals surface area contributed by atoms with Crippen LogP contribution >= 0.6 is 39.1 Å². The number of rotatable bonds is 3. The maximum absolute atomic E-state index is 13.6. The van der Waals surface area contributed by atoms with Crippen molar-refractivity contribution in [1.29, 1.82) is 0 Å². The van der Waals surface area contributed by atoms with Gasteiger partial charge >= 0.3 is 0 Å². The van der Waals surface area contributed by atoms with Crippen LogP contribution in [-0.4, -0.2) is 19.3 Å². The Morgan fingerprint density at radius 3 is 2.29 bits per heavy atom. The first-order valence-electron chi connectivity index (χ1n) is 9.30. The second kappa shape index (κ2) is 7.96. The molecule has 5 nitrogen and oxygen atoms in total. The number of benzene rings is 3. The molecule has 0 saturated heterocycles. The zero-order chi connectivity index (χ0) is 21.5. The van der Waals surface area contributed by atoms with Gasteiger partial charge in [0, 0.05) is 16.2 Å². The molecule has 0 bridgehead atoms. The summed E-state index contributed by atoms with van der Waals surface area (Å²) in [4.78, 5) is 18.3. The molecule has 0 atom stereocenters. The van der Waals surface area contributed by atoms with Gasteiger partial charge < -0.3 is 0 Å². The Morgan fingerprint density at radius 2 is 1.58 bits per heavy atom. The van der Waals surface area contributed by atoms with Gasteiger partial charge in [0.15, 0.2) is 5.65 Å². The predicted molar refractivity (Wildman–Crippen MR) is 128 cm³/mol. The summed E-state index contributed by atoms with van der Waals surface area (Å²) in [6.07, 6.45) is 1.70. The fourth-order valence-electron chi connectivity index (χ4n) is 3.34. The smallest absolute Gasteiger partial charge is 0.268 e. The van der Waals surface area contributed by atoms with E-state index in [4.69, 9.17) is 28.2 Å². The molecule has 0 aliphatic heterocycles. The first kappa shape index (κ1) is 20.0. The average molecular weight is 512 g/mol. The van der Waals surface area contributed by atoms with Crippen molar-refractivity contribution in [3.63, 3.8) is 0 Å². The highest BCUT2D eigenvalue weighted by molar-refractivity contribution is 9.10. The van der Waals surface area contributed by atoms with Crippen LogP contribution in [0.4, 0.5) is 0 Å². The molecule has 2 heterocycles. The lowest BCUT2D eigenvalue weighted by molar-refractivity contribution is 0.888. The van der Waals surface area contributed by atoms with Crippen LogP contribution in [0.2, 0.25) is 10.0 Å². The van der Waals surface area contributed by atoms with Crippen molar-refractivity contribution in [3.05, 3.63) is 104 Å². The molecule has 0 amide bonds. The Hall–Kier alpha value is -2.93. The molecule has 0 aliphatic carbocycles. The summed E-state index contributed by atoms with van der Waals surface area (Å²) in [5, 5.41) is 5.77. The number of hydrogen-bond acceptors (Lipinski definition) is 3. The van der Waals surface area contributed by atoms with E-state index in [1.807, 2.05) is 54.6 Å². The Balaban J connectivity index is 1.82. The van der Waals surface area contributed by atoms with Gasteiger partial charge in [0.1, 0.15) is 11.2 Å². The largest absolute Gasteiger partial charge is 0.269 e. The van der Waals surface area contributed by atoms with Gasteiger partial charge in [0.05, 0.1) is 21.4 Å². The lowest BCUT2D eigenvalue weighted by Gasteiger charge is -2.13. The molecule has 0 saturated carbocycles. The number of fused-ring (bicyclic) bond motifs is 1. The van der Waals surface area contributed by atoms with Crippen LogP contribution in [0.1, 0.15) is 0 Å². The number of aromatic nitrogens is 4. The zero-order valence-electron chi connectivity index (χ0n) is 15.8. The molecule has 5 rings (SSSR count). The van der Waals surface area contributed by atoms with Crippen molar-refractivity contribution in [2.75, 3.05) is 0 Å².